The largest absolute Gasteiger partial charge is 0.480 e. The summed E-state index contributed by atoms with van der Waals surface area (Å²) >= 11 is 1.53. The van der Waals surface area contributed by atoms with Crippen molar-refractivity contribution in [3.05, 3.63) is 59.7 Å². The molecule has 2 aromatic rings. The number of hydrogen-bond donors (Lipinski definition) is 2. The van der Waals surface area contributed by atoms with Crippen molar-refractivity contribution in [2.75, 3.05) is 12.4 Å². The molecule has 2 fully saturated rings. The topological polar surface area (TPSA) is 95.9 Å². The van der Waals surface area contributed by atoms with Crippen molar-refractivity contribution in [3.8, 4) is 11.1 Å². The lowest BCUT2D eigenvalue weighted by molar-refractivity contribution is -0.150. The number of ether oxygens (including phenoxy) is 1. The molecule has 3 aliphatic rings. The van der Waals surface area contributed by atoms with Crippen molar-refractivity contribution in [1.82, 2.24) is 10.2 Å². The van der Waals surface area contributed by atoms with E-state index in [1.807, 2.05) is 24.3 Å². The van der Waals surface area contributed by atoms with Gasteiger partial charge >= 0.3 is 12.1 Å². The summed E-state index contributed by atoms with van der Waals surface area (Å²) < 4.78 is 5.60. The Bertz CT molecular complexity index is 1070. The lowest BCUT2D eigenvalue weighted by Gasteiger charge is -2.31. The van der Waals surface area contributed by atoms with Gasteiger partial charge in [-0.25, -0.2) is 9.59 Å². The van der Waals surface area contributed by atoms with E-state index in [-0.39, 0.29) is 23.8 Å². The molecular formula is C26H28N2O5S. The number of benzene rings is 2. The number of nitrogens with zero attached hydrogens (tertiary/aromatic N) is 1. The summed E-state index contributed by atoms with van der Waals surface area (Å²) in [5.74, 6) is -0.695. The number of hydrogen-bond acceptors (Lipinski definition) is 5. The highest BCUT2D eigenvalue weighted by atomic mass is 32.2. The molecule has 2 aromatic carbocycles. The number of thioether (sulfide) groups is 1. The number of rotatable bonds is 7. The molecule has 5 rings (SSSR count). The van der Waals surface area contributed by atoms with Crippen molar-refractivity contribution in [2.45, 2.75) is 49.6 Å². The van der Waals surface area contributed by atoms with E-state index in [0.29, 0.717) is 18.1 Å². The van der Waals surface area contributed by atoms with E-state index < -0.39 is 24.1 Å². The first kappa shape index (κ1) is 22.8. The Morgan fingerprint density at radius 1 is 1.09 bits per heavy atom. The van der Waals surface area contributed by atoms with Crippen LogP contribution in [0.1, 0.15) is 43.2 Å². The molecule has 0 spiro atoms. The molecular weight excluding hydrogens is 452 g/mol. The predicted octanol–water partition coefficient (Wildman–Crippen LogP) is 4.07. The zero-order valence-corrected chi connectivity index (χ0v) is 19.8. The Morgan fingerprint density at radius 2 is 1.71 bits per heavy atom. The van der Waals surface area contributed by atoms with Crippen LogP contribution in [0.4, 0.5) is 4.79 Å². The van der Waals surface area contributed by atoms with E-state index >= 15 is 0 Å². The molecule has 0 bridgehead atoms. The highest BCUT2D eigenvalue weighted by Gasteiger charge is 2.49. The molecule has 178 valence electrons. The monoisotopic (exact) mass is 480 g/mol. The van der Waals surface area contributed by atoms with Crippen molar-refractivity contribution >= 4 is 29.7 Å². The van der Waals surface area contributed by atoms with Crippen LogP contribution in [-0.2, 0) is 14.3 Å². The van der Waals surface area contributed by atoms with Crippen LogP contribution in [0, 0.1) is 5.92 Å². The normalized spacial score (nSPS) is 22.1. The van der Waals surface area contributed by atoms with Gasteiger partial charge in [-0.3, -0.25) is 4.79 Å². The van der Waals surface area contributed by atoms with E-state index in [4.69, 9.17) is 4.74 Å². The van der Waals surface area contributed by atoms with Gasteiger partial charge in [0.15, 0.2) is 0 Å². The maximum atomic E-state index is 13.3. The number of carboxylic acid groups (broad SMARTS) is 1. The van der Waals surface area contributed by atoms with Crippen LogP contribution in [0.15, 0.2) is 48.5 Å². The van der Waals surface area contributed by atoms with Crippen LogP contribution in [0.25, 0.3) is 11.1 Å². The maximum Gasteiger partial charge on any atom is 0.407 e. The molecule has 34 heavy (non-hydrogen) atoms. The SMILES string of the molecule is CC[C@@H](NC(=O)OCC1c2ccccc2-c2ccccc21)C(=O)N1C(C(=O)O)CSC1C1CC1. The lowest BCUT2D eigenvalue weighted by atomic mass is 9.98. The van der Waals surface area contributed by atoms with Gasteiger partial charge in [0, 0.05) is 11.7 Å². The summed E-state index contributed by atoms with van der Waals surface area (Å²) in [6.45, 7) is 1.96. The van der Waals surface area contributed by atoms with Crippen molar-refractivity contribution in [3.63, 3.8) is 0 Å². The number of carbonyl (C=O) groups is 3. The van der Waals surface area contributed by atoms with Gasteiger partial charge in [-0.05, 0) is 47.4 Å². The van der Waals surface area contributed by atoms with Crippen molar-refractivity contribution in [2.24, 2.45) is 5.92 Å². The van der Waals surface area contributed by atoms with Crippen LogP contribution >= 0.6 is 11.8 Å². The smallest absolute Gasteiger partial charge is 0.407 e. The first-order valence-corrected chi connectivity index (χ1v) is 12.8. The van der Waals surface area contributed by atoms with Gasteiger partial charge in [-0.1, -0.05) is 55.5 Å². The number of fused-ring (bicyclic) bond motifs is 3. The van der Waals surface area contributed by atoms with Gasteiger partial charge in [0.1, 0.15) is 18.7 Å². The third kappa shape index (κ3) is 4.15. The minimum absolute atomic E-state index is 0.0699. The van der Waals surface area contributed by atoms with Gasteiger partial charge < -0.3 is 20.1 Å². The second-order valence-corrected chi connectivity index (χ2v) is 10.2. The van der Waals surface area contributed by atoms with Gasteiger partial charge in [-0.2, -0.15) is 0 Å². The van der Waals surface area contributed by atoms with Gasteiger partial charge in [0.05, 0.1) is 5.37 Å². The molecule has 8 heteroatoms. The molecule has 1 saturated carbocycles. The zero-order valence-electron chi connectivity index (χ0n) is 19.0. The van der Waals surface area contributed by atoms with Crippen LogP contribution in [-0.4, -0.2) is 57.8 Å². The first-order chi connectivity index (χ1) is 16.5. The average Bonchev–Trinajstić information content (AvgIpc) is 3.51. The molecule has 0 aromatic heterocycles. The third-order valence-corrected chi connectivity index (χ3v) is 8.40. The molecule has 1 aliphatic heterocycles. The highest BCUT2D eigenvalue weighted by molar-refractivity contribution is 8.00. The molecule has 1 saturated heterocycles. The Labute approximate surface area is 202 Å². The summed E-state index contributed by atoms with van der Waals surface area (Å²) in [5, 5.41) is 12.2. The summed E-state index contributed by atoms with van der Waals surface area (Å²) in [5.41, 5.74) is 4.52. The summed E-state index contributed by atoms with van der Waals surface area (Å²) in [4.78, 5) is 39.3. The van der Waals surface area contributed by atoms with Crippen LogP contribution in [0.3, 0.4) is 0 Å². The molecule has 2 amide bonds. The number of amides is 2. The van der Waals surface area contributed by atoms with Gasteiger partial charge in [0.25, 0.3) is 0 Å². The minimum atomic E-state index is -1.00. The predicted molar refractivity (Wildman–Crippen MR) is 130 cm³/mol. The fraction of sp³-hybridized carbons (Fsp3) is 0.423. The summed E-state index contributed by atoms with van der Waals surface area (Å²) in [6.07, 6.45) is 1.70. The van der Waals surface area contributed by atoms with Crippen molar-refractivity contribution < 1.29 is 24.2 Å². The molecule has 2 unspecified atom stereocenters. The second kappa shape index (κ2) is 9.33. The van der Waals surface area contributed by atoms with Gasteiger partial charge in [0.2, 0.25) is 5.91 Å². The Balaban J connectivity index is 1.26. The van der Waals surface area contributed by atoms with Gasteiger partial charge in [-0.15, -0.1) is 11.8 Å². The van der Waals surface area contributed by atoms with E-state index in [1.165, 1.54) is 16.7 Å². The third-order valence-electron chi connectivity index (χ3n) is 6.94. The molecule has 2 aliphatic carbocycles. The van der Waals surface area contributed by atoms with E-state index in [9.17, 15) is 19.5 Å². The van der Waals surface area contributed by atoms with Crippen molar-refractivity contribution in [1.29, 1.82) is 0 Å². The number of aliphatic carboxylic acids is 1. The Hall–Kier alpha value is -3.00. The second-order valence-electron chi connectivity index (χ2n) is 9.09. The Kier molecular flexibility index (Phi) is 6.25. The average molecular weight is 481 g/mol. The van der Waals surface area contributed by atoms with Crippen LogP contribution in [0.5, 0.6) is 0 Å². The highest BCUT2D eigenvalue weighted by Crippen LogP contribution is 2.46. The maximum absolute atomic E-state index is 13.3. The molecule has 0 radical (unpaired) electrons. The number of carbonyl (C=O) groups excluding carboxylic acids is 2. The quantitative estimate of drug-likeness (QED) is 0.620. The van der Waals surface area contributed by atoms with Crippen LogP contribution in [0.2, 0.25) is 0 Å². The standard InChI is InChI=1S/C26H28N2O5S/c1-2-21(23(29)28-22(25(30)31)14-34-24(28)15-11-12-15)27-26(32)33-13-20-18-9-5-3-7-16(18)17-8-4-6-10-19(17)20/h3-10,15,20-22,24H,2,11-14H2,1H3,(H,27,32)(H,30,31)/t21-,22?,24?/m1/s1. The molecule has 2 N–H and O–H groups in total. The number of alkyl carbamates (subject to hydrolysis) is 1. The Morgan fingerprint density at radius 3 is 2.26 bits per heavy atom. The van der Waals surface area contributed by atoms with E-state index in [0.717, 1.165) is 35.1 Å². The fourth-order valence-electron chi connectivity index (χ4n) is 5.04. The lowest BCUT2D eigenvalue weighted by Crippen LogP contribution is -2.54. The number of carboxylic acids is 1. The number of nitrogens with one attached hydrogen (secondary N) is 1. The summed E-state index contributed by atoms with van der Waals surface area (Å²) in [7, 11) is 0. The first-order valence-electron chi connectivity index (χ1n) is 11.8. The fourth-order valence-corrected chi connectivity index (χ4v) is 6.68. The molecule has 3 atom stereocenters. The molecule has 1 heterocycles. The van der Waals surface area contributed by atoms with Crippen LogP contribution < -0.4 is 5.32 Å². The zero-order chi connectivity index (χ0) is 23.8. The van der Waals surface area contributed by atoms with E-state index in [1.54, 1.807) is 6.92 Å². The molecule has 7 nitrogen and oxygen atoms in total. The minimum Gasteiger partial charge on any atom is -0.480 e. The summed E-state index contributed by atoms with van der Waals surface area (Å²) in [6, 6.07) is 14.5. The van der Waals surface area contributed by atoms with E-state index in [2.05, 4.69) is 29.6 Å².